The van der Waals surface area contributed by atoms with E-state index in [1.165, 1.54) is 0 Å². The molecule has 14 heavy (non-hydrogen) atoms. The predicted octanol–water partition coefficient (Wildman–Crippen LogP) is 2.55. The third kappa shape index (κ3) is 1.86. The molecule has 0 saturated heterocycles. The molecule has 0 bridgehead atoms. The highest BCUT2D eigenvalue weighted by molar-refractivity contribution is 6.32. The molecule has 76 valence electrons. The molecule has 1 N–H and O–H groups in total. The number of halogens is 1. The largest absolute Gasteiger partial charge is 0.486 e. The van der Waals surface area contributed by atoms with Crippen molar-refractivity contribution >= 4 is 11.6 Å². The first-order valence-corrected chi connectivity index (χ1v) is 5.15. The molecule has 2 rings (SSSR count). The molecule has 0 unspecified atom stereocenters. The first-order valence-electron chi connectivity index (χ1n) is 4.77. The fourth-order valence-corrected chi connectivity index (χ4v) is 1.62. The molecule has 1 aliphatic carbocycles. The molecule has 1 fully saturated rings. The number of hydrogen-bond donors (Lipinski definition) is 1. The Kier molecular flexibility index (Phi) is 2.66. The second-order valence-corrected chi connectivity index (χ2v) is 4.14. The monoisotopic (exact) mass is 212 g/mol. The second-order valence-electron chi connectivity index (χ2n) is 3.73. The first kappa shape index (κ1) is 9.81. The summed E-state index contributed by atoms with van der Waals surface area (Å²) < 4.78 is 5.59. The van der Waals surface area contributed by atoms with E-state index in [1.54, 1.807) is 0 Å². The van der Waals surface area contributed by atoms with Crippen molar-refractivity contribution in [1.82, 2.24) is 0 Å². The Labute approximate surface area is 88.5 Å². The molecule has 1 saturated carbocycles. The van der Waals surface area contributed by atoms with E-state index >= 15 is 0 Å². The number of rotatable bonds is 2. The van der Waals surface area contributed by atoms with E-state index in [0.717, 1.165) is 18.4 Å². The summed E-state index contributed by atoms with van der Waals surface area (Å²) in [7, 11) is 0. The number of hydrogen-bond acceptors (Lipinski definition) is 2. The van der Waals surface area contributed by atoms with Crippen LogP contribution in [0, 0.1) is 6.92 Å². The van der Waals surface area contributed by atoms with Crippen molar-refractivity contribution < 1.29 is 9.84 Å². The van der Waals surface area contributed by atoms with Gasteiger partial charge in [-0.15, -0.1) is 0 Å². The van der Waals surface area contributed by atoms with Crippen LogP contribution in [0.2, 0.25) is 5.02 Å². The van der Waals surface area contributed by atoms with E-state index in [2.05, 4.69) is 0 Å². The molecule has 1 aromatic carbocycles. The average Bonchev–Trinajstić information content (AvgIpc) is 2.17. The van der Waals surface area contributed by atoms with Crippen LogP contribution in [0.15, 0.2) is 18.2 Å². The molecule has 0 aliphatic heterocycles. The standard InChI is InChI=1S/C11H13ClO2/c1-7-2-3-8(12)11(6-7)14-10-5-4-9(10)13/h2-3,6,9-10,13H,4-5H2,1H3/t9-,10-/m1/s1. The maximum Gasteiger partial charge on any atom is 0.138 e. The van der Waals surface area contributed by atoms with Crippen molar-refractivity contribution in [3.05, 3.63) is 28.8 Å². The highest BCUT2D eigenvalue weighted by atomic mass is 35.5. The molecule has 1 aliphatic rings. The molecule has 0 spiro atoms. The summed E-state index contributed by atoms with van der Waals surface area (Å²) in [5, 5.41) is 9.97. The van der Waals surface area contributed by atoms with Gasteiger partial charge >= 0.3 is 0 Å². The van der Waals surface area contributed by atoms with Gasteiger partial charge in [-0.3, -0.25) is 0 Å². The quantitative estimate of drug-likeness (QED) is 0.817. The highest BCUT2D eigenvalue weighted by Crippen LogP contribution is 2.31. The molecule has 2 atom stereocenters. The zero-order valence-corrected chi connectivity index (χ0v) is 8.79. The smallest absolute Gasteiger partial charge is 0.138 e. The van der Waals surface area contributed by atoms with Gasteiger partial charge in [0.25, 0.3) is 0 Å². The Morgan fingerprint density at radius 2 is 2.21 bits per heavy atom. The summed E-state index contributed by atoms with van der Waals surface area (Å²) in [5.74, 6) is 0.676. The summed E-state index contributed by atoms with van der Waals surface area (Å²) in [6, 6.07) is 5.65. The average molecular weight is 213 g/mol. The molecular formula is C11H13ClO2. The number of ether oxygens (including phenoxy) is 1. The number of aryl methyl sites for hydroxylation is 1. The number of benzene rings is 1. The maximum absolute atomic E-state index is 9.36. The minimum Gasteiger partial charge on any atom is -0.486 e. The summed E-state index contributed by atoms with van der Waals surface area (Å²) in [4.78, 5) is 0. The Bertz CT molecular complexity index is 338. The third-order valence-corrected chi connectivity index (χ3v) is 2.85. The van der Waals surface area contributed by atoms with Crippen molar-refractivity contribution in [3.63, 3.8) is 0 Å². The van der Waals surface area contributed by atoms with Crippen LogP contribution < -0.4 is 4.74 Å². The zero-order valence-electron chi connectivity index (χ0n) is 8.03. The molecule has 0 amide bonds. The maximum atomic E-state index is 9.36. The molecule has 0 radical (unpaired) electrons. The van der Waals surface area contributed by atoms with Gasteiger partial charge in [0, 0.05) is 0 Å². The van der Waals surface area contributed by atoms with Gasteiger partial charge in [-0.05, 0) is 37.5 Å². The third-order valence-electron chi connectivity index (χ3n) is 2.54. The summed E-state index contributed by atoms with van der Waals surface area (Å²) in [6.45, 7) is 1.99. The van der Waals surface area contributed by atoms with Gasteiger partial charge in [0.15, 0.2) is 0 Å². The lowest BCUT2D eigenvalue weighted by molar-refractivity contribution is -0.0361. The van der Waals surface area contributed by atoms with Gasteiger partial charge in [-0.25, -0.2) is 0 Å². The van der Waals surface area contributed by atoms with E-state index < -0.39 is 0 Å². The fourth-order valence-electron chi connectivity index (χ4n) is 1.45. The van der Waals surface area contributed by atoms with Crippen LogP contribution >= 0.6 is 11.6 Å². The fraction of sp³-hybridized carbons (Fsp3) is 0.455. The van der Waals surface area contributed by atoms with Crippen molar-refractivity contribution in [2.75, 3.05) is 0 Å². The Balaban J connectivity index is 2.11. The summed E-state index contributed by atoms with van der Waals surface area (Å²) >= 11 is 5.96. The van der Waals surface area contributed by atoms with E-state index in [4.69, 9.17) is 16.3 Å². The minimum absolute atomic E-state index is 0.0747. The van der Waals surface area contributed by atoms with Crippen LogP contribution in [0.4, 0.5) is 0 Å². The van der Waals surface area contributed by atoms with Gasteiger partial charge in [0.2, 0.25) is 0 Å². The lowest BCUT2D eigenvalue weighted by Gasteiger charge is -2.32. The lowest BCUT2D eigenvalue weighted by Crippen LogP contribution is -2.41. The summed E-state index contributed by atoms with van der Waals surface area (Å²) in [5.41, 5.74) is 1.11. The normalized spacial score (nSPS) is 25.6. The lowest BCUT2D eigenvalue weighted by atomic mass is 9.92. The van der Waals surface area contributed by atoms with Crippen LogP contribution in [0.5, 0.6) is 5.75 Å². The molecular weight excluding hydrogens is 200 g/mol. The number of aliphatic hydroxyl groups excluding tert-OH is 1. The van der Waals surface area contributed by atoms with Gasteiger partial charge in [0.1, 0.15) is 11.9 Å². The minimum atomic E-state index is -0.327. The first-order chi connectivity index (χ1) is 6.66. The van der Waals surface area contributed by atoms with Crippen molar-refractivity contribution in [1.29, 1.82) is 0 Å². The highest BCUT2D eigenvalue weighted by Gasteiger charge is 2.31. The van der Waals surface area contributed by atoms with Crippen molar-refractivity contribution in [2.45, 2.75) is 32.0 Å². The van der Waals surface area contributed by atoms with Gasteiger partial charge < -0.3 is 9.84 Å². The molecule has 2 nitrogen and oxygen atoms in total. The Morgan fingerprint density at radius 1 is 1.43 bits per heavy atom. The van der Waals surface area contributed by atoms with E-state index in [9.17, 15) is 5.11 Å². The topological polar surface area (TPSA) is 29.5 Å². The van der Waals surface area contributed by atoms with E-state index in [1.807, 2.05) is 25.1 Å². The van der Waals surface area contributed by atoms with Gasteiger partial charge in [-0.2, -0.15) is 0 Å². The summed E-state index contributed by atoms with van der Waals surface area (Å²) in [6.07, 6.45) is 1.33. The van der Waals surface area contributed by atoms with Crippen LogP contribution in [0.3, 0.4) is 0 Å². The number of aliphatic hydroxyl groups is 1. The van der Waals surface area contributed by atoms with Crippen LogP contribution in [0.1, 0.15) is 18.4 Å². The molecule has 0 heterocycles. The van der Waals surface area contributed by atoms with E-state index in [0.29, 0.717) is 10.8 Å². The molecule has 1 aromatic rings. The van der Waals surface area contributed by atoms with Gasteiger partial charge in [-0.1, -0.05) is 17.7 Å². The van der Waals surface area contributed by atoms with Crippen LogP contribution in [-0.4, -0.2) is 17.3 Å². The Hall–Kier alpha value is -0.730. The van der Waals surface area contributed by atoms with Crippen molar-refractivity contribution in [2.24, 2.45) is 0 Å². The predicted molar refractivity (Wildman–Crippen MR) is 55.8 cm³/mol. The molecule has 3 heteroatoms. The zero-order chi connectivity index (χ0) is 10.1. The van der Waals surface area contributed by atoms with Crippen LogP contribution in [-0.2, 0) is 0 Å². The van der Waals surface area contributed by atoms with E-state index in [-0.39, 0.29) is 12.2 Å². The second kappa shape index (κ2) is 3.79. The van der Waals surface area contributed by atoms with Crippen LogP contribution in [0.25, 0.3) is 0 Å². The SMILES string of the molecule is Cc1ccc(Cl)c(O[C@@H]2CC[C@H]2O)c1. The van der Waals surface area contributed by atoms with Gasteiger partial charge in [0.05, 0.1) is 11.1 Å². The Morgan fingerprint density at radius 3 is 2.79 bits per heavy atom. The van der Waals surface area contributed by atoms with Crippen molar-refractivity contribution in [3.8, 4) is 5.75 Å². The molecule has 0 aromatic heterocycles.